The largest absolute Gasteiger partial charge is 0.466 e. The summed E-state index contributed by atoms with van der Waals surface area (Å²) in [5.41, 5.74) is 1.01. The maximum atomic E-state index is 11.9. The number of furan rings is 1. The summed E-state index contributed by atoms with van der Waals surface area (Å²) in [5.74, 6) is 1.69. The van der Waals surface area contributed by atoms with Gasteiger partial charge in [0.15, 0.2) is 0 Å². The Hall–Kier alpha value is -1.82. The molecule has 2 heterocycles. The monoisotopic (exact) mass is 293 g/mol. The highest BCUT2D eigenvalue weighted by molar-refractivity contribution is 7.11. The molecule has 2 aromatic rings. The highest BCUT2D eigenvalue weighted by Crippen LogP contribution is 2.21. The minimum Gasteiger partial charge on any atom is -0.466 e. The molecule has 108 valence electrons. The number of nitrogens with one attached hydrogen (secondary N) is 2. The van der Waals surface area contributed by atoms with Gasteiger partial charge >= 0.3 is 6.03 Å². The van der Waals surface area contributed by atoms with E-state index < -0.39 is 0 Å². The van der Waals surface area contributed by atoms with Crippen molar-refractivity contribution >= 4 is 17.4 Å². The van der Waals surface area contributed by atoms with Crippen LogP contribution in [0.2, 0.25) is 0 Å². The number of aromatic nitrogens is 1. The van der Waals surface area contributed by atoms with E-state index in [1.807, 2.05) is 33.8 Å². The van der Waals surface area contributed by atoms with Crippen LogP contribution in [0.1, 0.15) is 39.9 Å². The number of amides is 2. The number of urea groups is 1. The molecular weight excluding hydrogens is 274 g/mol. The average molecular weight is 293 g/mol. The minimum absolute atomic E-state index is 0.0874. The van der Waals surface area contributed by atoms with Gasteiger partial charge < -0.3 is 15.1 Å². The quantitative estimate of drug-likeness (QED) is 0.909. The molecular formula is C14H19N3O2S. The Morgan fingerprint density at radius 1 is 1.45 bits per heavy atom. The fourth-order valence-electron chi connectivity index (χ4n) is 2.06. The first-order chi connectivity index (χ1) is 9.45. The molecule has 1 unspecified atom stereocenters. The fraction of sp³-hybridized carbons (Fsp3) is 0.429. The van der Waals surface area contributed by atoms with Gasteiger partial charge in [-0.2, -0.15) is 0 Å². The summed E-state index contributed by atoms with van der Waals surface area (Å²) >= 11 is 1.58. The van der Waals surface area contributed by atoms with Gasteiger partial charge in [-0.05, 0) is 33.8 Å². The summed E-state index contributed by atoms with van der Waals surface area (Å²) in [5, 5.41) is 6.73. The smallest absolute Gasteiger partial charge is 0.315 e. The van der Waals surface area contributed by atoms with Gasteiger partial charge in [-0.1, -0.05) is 0 Å². The van der Waals surface area contributed by atoms with E-state index in [9.17, 15) is 4.79 Å². The minimum atomic E-state index is -0.193. The van der Waals surface area contributed by atoms with Crippen molar-refractivity contribution < 1.29 is 9.21 Å². The molecule has 0 radical (unpaired) electrons. The second kappa shape index (κ2) is 6.09. The third kappa shape index (κ3) is 3.60. The van der Waals surface area contributed by atoms with E-state index in [0.717, 1.165) is 27.0 Å². The van der Waals surface area contributed by atoms with Crippen LogP contribution in [0, 0.1) is 20.8 Å². The summed E-state index contributed by atoms with van der Waals surface area (Å²) in [4.78, 5) is 17.1. The molecule has 0 aromatic carbocycles. The molecule has 0 aliphatic carbocycles. The van der Waals surface area contributed by atoms with Crippen LogP contribution in [0.5, 0.6) is 0 Å². The summed E-state index contributed by atoms with van der Waals surface area (Å²) in [6.07, 6.45) is 1.79. The zero-order valence-corrected chi connectivity index (χ0v) is 12.9. The van der Waals surface area contributed by atoms with Gasteiger partial charge in [0.05, 0.1) is 17.6 Å². The maximum absolute atomic E-state index is 11.9. The molecule has 0 spiro atoms. The lowest BCUT2D eigenvalue weighted by Gasteiger charge is -2.13. The number of aryl methyl sites for hydroxylation is 3. The van der Waals surface area contributed by atoms with Crippen LogP contribution in [0.15, 0.2) is 16.7 Å². The number of thiazole rings is 1. The van der Waals surface area contributed by atoms with Crippen LogP contribution in [0.4, 0.5) is 4.79 Å². The zero-order chi connectivity index (χ0) is 14.7. The predicted octanol–water partition coefficient (Wildman–Crippen LogP) is 3.22. The van der Waals surface area contributed by atoms with Crippen LogP contribution in [0.25, 0.3) is 0 Å². The fourth-order valence-corrected chi connectivity index (χ4v) is 2.79. The van der Waals surface area contributed by atoms with Crippen molar-refractivity contribution in [1.82, 2.24) is 15.6 Å². The van der Waals surface area contributed by atoms with Crippen molar-refractivity contribution in [2.24, 2.45) is 0 Å². The average Bonchev–Trinajstić information content (AvgIpc) is 2.92. The molecule has 1 atom stereocenters. The zero-order valence-electron chi connectivity index (χ0n) is 12.1. The van der Waals surface area contributed by atoms with Gasteiger partial charge in [0.1, 0.15) is 11.5 Å². The van der Waals surface area contributed by atoms with E-state index >= 15 is 0 Å². The molecule has 2 amide bonds. The van der Waals surface area contributed by atoms with Crippen molar-refractivity contribution in [1.29, 1.82) is 0 Å². The second-order valence-corrected chi connectivity index (χ2v) is 6.08. The SMILES string of the molecule is Cc1cc(C(C)NC(=O)NCc2cnc(C)s2)c(C)o1. The summed E-state index contributed by atoms with van der Waals surface area (Å²) in [6.45, 7) is 8.18. The molecule has 0 aliphatic heterocycles. The number of nitrogens with zero attached hydrogens (tertiary/aromatic N) is 1. The van der Waals surface area contributed by atoms with Crippen LogP contribution >= 0.6 is 11.3 Å². The summed E-state index contributed by atoms with van der Waals surface area (Å²) in [6, 6.07) is 1.67. The Kier molecular flexibility index (Phi) is 4.44. The standard InChI is InChI=1S/C14H19N3O2S/c1-8-5-13(10(3)19-8)9(2)17-14(18)16-7-12-6-15-11(4)20-12/h5-6,9H,7H2,1-4H3,(H2,16,17,18). The van der Waals surface area contributed by atoms with E-state index in [4.69, 9.17) is 4.42 Å². The third-order valence-electron chi connectivity index (χ3n) is 2.99. The van der Waals surface area contributed by atoms with Gasteiger partial charge in [0.25, 0.3) is 0 Å². The number of hydrogen-bond acceptors (Lipinski definition) is 4. The predicted molar refractivity (Wildman–Crippen MR) is 78.8 cm³/mol. The van der Waals surface area contributed by atoms with Gasteiger partial charge in [-0.25, -0.2) is 9.78 Å². The highest BCUT2D eigenvalue weighted by Gasteiger charge is 2.14. The van der Waals surface area contributed by atoms with Crippen molar-refractivity contribution in [3.8, 4) is 0 Å². The highest BCUT2D eigenvalue weighted by atomic mass is 32.1. The topological polar surface area (TPSA) is 67.2 Å². The number of carbonyl (C=O) groups is 1. The van der Waals surface area contributed by atoms with Crippen LogP contribution in [-0.4, -0.2) is 11.0 Å². The van der Waals surface area contributed by atoms with E-state index in [1.54, 1.807) is 17.5 Å². The van der Waals surface area contributed by atoms with Crippen molar-refractivity contribution in [2.45, 2.75) is 40.3 Å². The van der Waals surface area contributed by atoms with E-state index in [1.165, 1.54) is 0 Å². The van der Waals surface area contributed by atoms with E-state index in [0.29, 0.717) is 6.54 Å². The molecule has 5 nitrogen and oxygen atoms in total. The van der Waals surface area contributed by atoms with E-state index in [2.05, 4.69) is 15.6 Å². The Morgan fingerprint density at radius 2 is 2.20 bits per heavy atom. The Bertz CT molecular complexity index is 603. The van der Waals surface area contributed by atoms with E-state index in [-0.39, 0.29) is 12.1 Å². The molecule has 2 rings (SSSR count). The van der Waals surface area contributed by atoms with Crippen LogP contribution in [-0.2, 0) is 6.54 Å². The molecule has 2 N–H and O–H groups in total. The molecule has 0 saturated heterocycles. The number of carbonyl (C=O) groups excluding carboxylic acids is 1. The first-order valence-corrected chi connectivity index (χ1v) is 7.30. The molecule has 0 saturated carbocycles. The van der Waals surface area contributed by atoms with Gasteiger partial charge in [-0.3, -0.25) is 0 Å². The molecule has 0 fully saturated rings. The molecule has 20 heavy (non-hydrogen) atoms. The Balaban J connectivity index is 1.86. The molecule has 6 heteroatoms. The lowest BCUT2D eigenvalue weighted by molar-refractivity contribution is 0.237. The molecule has 2 aromatic heterocycles. The number of hydrogen-bond donors (Lipinski definition) is 2. The van der Waals surface area contributed by atoms with Crippen molar-refractivity contribution in [2.75, 3.05) is 0 Å². The molecule has 0 aliphatic rings. The van der Waals surface area contributed by atoms with Crippen molar-refractivity contribution in [3.63, 3.8) is 0 Å². The van der Waals surface area contributed by atoms with Gasteiger partial charge in [0.2, 0.25) is 0 Å². The number of rotatable bonds is 4. The molecule has 0 bridgehead atoms. The van der Waals surface area contributed by atoms with Gasteiger partial charge in [-0.15, -0.1) is 11.3 Å². The second-order valence-electron chi connectivity index (χ2n) is 4.76. The third-order valence-corrected chi connectivity index (χ3v) is 3.90. The Labute approximate surface area is 122 Å². The normalized spacial score (nSPS) is 12.2. The van der Waals surface area contributed by atoms with Gasteiger partial charge in [0, 0.05) is 16.6 Å². The lowest BCUT2D eigenvalue weighted by Crippen LogP contribution is -2.36. The van der Waals surface area contributed by atoms with Crippen LogP contribution < -0.4 is 10.6 Å². The summed E-state index contributed by atoms with van der Waals surface area (Å²) in [7, 11) is 0. The first-order valence-electron chi connectivity index (χ1n) is 6.48. The maximum Gasteiger partial charge on any atom is 0.315 e. The van der Waals surface area contributed by atoms with Crippen LogP contribution in [0.3, 0.4) is 0 Å². The first kappa shape index (κ1) is 14.6. The van der Waals surface area contributed by atoms with Crippen molar-refractivity contribution in [3.05, 3.63) is 39.2 Å². The summed E-state index contributed by atoms with van der Waals surface area (Å²) < 4.78 is 5.47. The lowest BCUT2D eigenvalue weighted by atomic mass is 10.1. The Morgan fingerprint density at radius 3 is 2.75 bits per heavy atom.